The molecule has 1 rings (SSSR count). The van der Waals surface area contributed by atoms with Crippen LogP contribution in [0.5, 0.6) is 0 Å². The van der Waals surface area contributed by atoms with Crippen LogP contribution in [0.3, 0.4) is 0 Å². The summed E-state index contributed by atoms with van der Waals surface area (Å²) < 4.78 is 23.5. The first-order chi connectivity index (χ1) is 6.39. The fourth-order valence-corrected chi connectivity index (χ4v) is 4.48. The second-order valence-corrected chi connectivity index (χ2v) is 7.10. The highest BCUT2D eigenvalue weighted by Crippen LogP contribution is 2.49. The van der Waals surface area contributed by atoms with Crippen LogP contribution in [0.4, 0.5) is 0 Å². The summed E-state index contributed by atoms with van der Waals surface area (Å²) in [6.45, 7) is 4.50. The summed E-state index contributed by atoms with van der Waals surface area (Å²) in [6, 6.07) is 0. The zero-order chi connectivity index (χ0) is 10.8. The summed E-state index contributed by atoms with van der Waals surface area (Å²) in [6.07, 6.45) is 2.95. The van der Waals surface area contributed by atoms with Gasteiger partial charge in [-0.25, -0.2) is 8.42 Å². The van der Waals surface area contributed by atoms with Gasteiger partial charge in [-0.1, -0.05) is 13.8 Å². The molecule has 14 heavy (non-hydrogen) atoms. The Morgan fingerprint density at radius 1 is 1.36 bits per heavy atom. The Balaban J connectivity index is 2.51. The minimum Gasteiger partial charge on any atom is -0.330 e. The highest BCUT2D eigenvalue weighted by atomic mass is 32.2. The van der Waals surface area contributed by atoms with Crippen molar-refractivity contribution in [2.24, 2.45) is 17.1 Å². The monoisotopic (exact) mass is 219 g/mol. The molecule has 0 bridgehead atoms. The fourth-order valence-electron chi connectivity index (χ4n) is 1.98. The van der Waals surface area contributed by atoms with Crippen molar-refractivity contribution in [2.45, 2.75) is 33.1 Å². The summed E-state index contributed by atoms with van der Waals surface area (Å²) in [7, 11) is -2.85. The molecule has 0 aliphatic heterocycles. The fraction of sp³-hybridized carbons (Fsp3) is 1.00. The van der Waals surface area contributed by atoms with Crippen molar-refractivity contribution in [3.8, 4) is 0 Å². The van der Waals surface area contributed by atoms with E-state index in [1.165, 1.54) is 0 Å². The molecule has 1 aliphatic carbocycles. The van der Waals surface area contributed by atoms with Gasteiger partial charge < -0.3 is 5.73 Å². The van der Waals surface area contributed by atoms with Gasteiger partial charge in [0.05, 0.1) is 11.5 Å². The van der Waals surface area contributed by atoms with Gasteiger partial charge in [-0.2, -0.15) is 0 Å². The molecule has 0 aromatic heterocycles. The first-order valence-corrected chi connectivity index (χ1v) is 7.12. The van der Waals surface area contributed by atoms with Crippen LogP contribution in [0, 0.1) is 11.3 Å². The minimum absolute atomic E-state index is 0.0580. The van der Waals surface area contributed by atoms with E-state index >= 15 is 0 Å². The SMILES string of the molecule is CC(C)CS(=O)(=O)CC1(CCN)CC1. The maximum atomic E-state index is 11.7. The average Bonchev–Trinajstić information content (AvgIpc) is 2.64. The van der Waals surface area contributed by atoms with Gasteiger partial charge >= 0.3 is 0 Å². The molecule has 3 nitrogen and oxygen atoms in total. The number of nitrogens with two attached hydrogens (primary N) is 1. The van der Waals surface area contributed by atoms with E-state index < -0.39 is 9.84 Å². The maximum absolute atomic E-state index is 11.7. The molecule has 1 saturated carbocycles. The third-order valence-corrected chi connectivity index (χ3v) is 4.97. The number of sulfone groups is 1. The van der Waals surface area contributed by atoms with Crippen molar-refractivity contribution in [1.29, 1.82) is 0 Å². The summed E-state index contributed by atoms with van der Waals surface area (Å²) in [5.74, 6) is 0.906. The smallest absolute Gasteiger partial charge is 0.151 e. The van der Waals surface area contributed by atoms with Crippen molar-refractivity contribution in [2.75, 3.05) is 18.1 Å². The van der Waals surface area contributed by atoms with Crippen LogP contribution in [0.1, 0.15) is 33.1 Å². The van der Waals surface area contributed by atoms with Gasteiger partial charge in [0.15, 0.2) is 9.84 Å². The summed E-state index contributed by atoms with van der Waals surface area (Å²) in [4.78, 5) is 0. The molecule has 1 aliphatic rings. The largest absolute Gasteiger partial charge is 0.330 e. The third kappa shape index (κ3) is 3.58. The normalized spacial score (nSPS) is 20.0. The van der Waals surface area contributed by atoms with E-state index in [1.54, 1.807) is 0 Å². The van der Waals surface area contributed by atoms with Gasteiger partial charge in [0, 0.05) is 0 Å². The topological polar surface area (TPSA) is 60.2 Å². The second kappa shape index (κ2) is 4.19. The summed E-state index contributed by atoms with van der Waals surface area (Å²) >= 11 is 0. The highest BCUT2D eigenvalue weighted by Gasteiger charge is 2.45. The highest BCUT2D eigenvalue weighted by molar-refractivity contribution is 7.91. The Morgan fingerprint density at radius 3 is 2.29 bits per heavy atom. The lowest BCUT2D eigenvalue weighted by molar-refractivity contribution is 0.506. The summed E-state index contributed by atoms with van der Waals surface area (Å²) in [5, 5.41) is 0. The Morgan fingerprint density at radius 2 is 1.93 bits per heavy atom. The van der Waals surface area contributed by atoms with Crippen molar-refractivity contribution in [1.82, 2.24) is 0 Å². The van der Waals surface area contributed by atoms with Gasteiger partial charge in [0.2, 0.25) is 0 Å². The van der Waals surface area contributed by atoms with Gasteiger partial charge in [0.1, 0.15) is 0 Å². The van der Waals surface area contributed by atoms with Crippen LogP contribution in [-0.2, 0) is 9.84 Å². The number of rotatable bonds is 6. The first-order valence-electron chi connectivity index (χ1n) is 5.30. The van der Waals surface area contributed by atoms with Crippen molar-refractivity contribution in [3.63, 3.8) is 0 Å². The van der Waals surface area contributed by atoms with Gasteiger partial charge in [-0.3, -0.25) is 0 Å². The molecule has 2 N–H and O–H groups in total. The van der Waals surface area contributed by atoms with E-state index in [0.29, 0.717) is 18.1 Å². The molecule has 0 amide bonds. The van der Waals surface area contributed by atoms with Crippen LogP contribution < -0.4 is 5.73 Å². The van der Waals surface area contributed by atoms with E-state index in [1.807, 2.05) is 13.8 Å². The van der Waals surface area contributed by atoms with Gasteiger partial charge in [-0.15, -0.1) is 0 Å². The Kier molecular flexibility index (Phi) is 3.58. The van der Waals surface area contributed by atoms with E-state index in [0.717, 1.165) is 19.3 Å². The van der Waals surface area contributed by atoms with Crippen molar-refractivity contribution >= 4 is 9.84 Å². The quantitative estimate of drug-likeness (QED) is 0.730. The molecule has 0 spiro atoms. The molecular weight excluding hydrogens is 198 g/mol. The predicted octanol–water partition coefficient (Wildman–Crippen LogP) is 1.19. The second-order valence-electron chi connectivity index (χ2n) is 4.99. The van der Waals surface area contributed by atoms with Crippen LogP contribution in [0.15, 0.2) is 0 Å². The lowest BCUT2D eigenvalue weighted by Gasteiger charge is -2.15. The van der Waals surface area contributed by atoms with Crippen LogP contribution in [0.2, 0.25) is 0 Å². The van der Waals surface area contributed by atoms with Crippen molar-refractivity contribution in [3.05, 3.63) is 0 Å². The lowest BCUT2D eigenvalue weighted by atomic mass is 10.1. The van der Waals surface area contributed by atoms with Gasteiger partial charge in [0.25, 0.3) is 0 Å². The molecule has 0 aromatic rings. The molecule has 0 saturated heterocycles. The Hall–Kier alpha value is -0.0900. The average molecular weight is 219 g/mol. The zero-order valence-electron chi connectivity index (χ0n) is 9.12. The molecule has 84 valence electrons. The molecular formula is C10H21NO2S. The molecule has 0 aromatic carbocycles. The van der Waals surface area contributed by atoms with Crippen LogP contribution >= 0.6 is 0 Å². The molecule has 0 radical (unpaired) electrons. The standard InChI is InChI=1S/C10H21NO2S/c1-9(2)7-14(12,13)8-10(3-4-10)5-6-11/h9H,3-8,11H2,1-2H3. The molecule has 0 atom stereocenters. The maximum Gasteiger partial charge on any atom is 0.151 e. The van der Waals surface area contributed by atoms with Crippen LogP contribution in [-0.4, -0.2) is 26.5 Å². The third-order valence-electron chi connectivity index (χ3n) is 2.75. The lowest BCUT2D eigenvalue weighted by Crippen LogP contribution is -2.24. The Labute approximate surface area is 87.0 Å². The van der Waals surface area contributed by atoms with E-state index in [4.69, 9.17) is 5.73 Å². The zero-order valence-corrected chi connectivity index (χ0v) is 9.94. The molecule has 4 heteroatoms. The Bertz CT molecular complexity index is 278. The van der Waals surface area contributed by atoms with Crippen molar-refractivity contribution < 1.29 is 8.42 Å². The number of hydrogen-bond donors (Lipinski definition) is 1. The van der Waals surface area contributed by atoms with E-state index in [9.17, 15) is 8.42 Å². The molecule has 0 heterocycles. The molecule has 0 unspecified atom stereocenters. The van der Waals surface area contributed by atoms with Gasteiger partial charge in [-0.05, 0) is 37.1 Å². The predicted molar refractivity (Wildman–Crippen MR) is 58.8 cm³/mol. The molecule has 1 fully saturated rings. The van der Waals surface area contributed by atoms with E-state index in [-0.39, 0.29) is 11.3 Å². The first kappa shape index (κ1) is 12.0. The van der Waals surface area contributed by atoms with Crippen LogP contribution in [0.25, 0.3) is 0 Å². The minimum atomic E-state index is -2.85. The number of hydrogen-bond acceptors (Lipinski definition) is 3. The summed E-state index contributed by atoms with van der Waals surface area (Å²) in [5.41, 5.74) is 5.54. The van der Waals surface area contributed by atoms with E-state index in [2.05, 4.69) is 0 Å².